The number of likely N-dealkylation sites (N-methyl/N-ethyl adjacent to an activating group) is 1. The molecule has 0 spiro atoms. The molecule has 21 heavy (non-hydrogen) atoms. The summed E-state index contributed by atoms with van der Waals surface area (Å²) in [6, 6.07) is 0. The molecule has 0 radical (unpaired) electrons. The summed E-state index contributed by atoms with van der Waals surface area (Å²) < 4.78 is 5.73. The second kappa shape index (κ2) is 7.15. The highest BCUT2D eigenvalue weighted by Crippen LogP contribution is 2.14. The Balaban J connectivity index is 1.42. The molecule has 2 saturated heterocycles. The Morgan fingerprint density at radius 2 is 2.00 bits per heavy atom. The van der Waals surface area contributed by atoms with Gasteiger partial charge in [0.25, 0.3) is 0 Å². The lowest BCUT2D eigenvalue weighted by Crippen LogP contribution is -2.44. The number of anilines is 1. The number of ether oxygens (including phenoxy) is 1. The van der Waals surface area contributed by atoms with Gasteiger partial charge in [-0.15, -0.1) is 0 Å². The van der Waals surface area contributed by atoms with E-state index >= 15 is 0 Å². The van der Waals surface area contributed by atoms with E-state index < -0.39 is 0 Å². The van der Waals surface area contributed by atoms with Crippen molar-refractivity contribution in [1.29, 1.82) is 0 Å². The fourth-order valence-corrected chi connectivity index (χ4v) is 2.89. The van der Waals surface area contributed by atoms with E-state index in [2.05, 4.69) is 32.1 Å². The first-order valence-corrected chi connectivity index (χ1v) is 7.88. The number of rotatable bonds is 5. The average Bonchev–Trinajstić information content (AvgIpc) is 3.02. The van der Waals surface area contributed by atoms with Crippen LogP contribution in [0.3, 0.4) is 0 Å². The summed E-state index contributed by atoms with van der Waals surface area (Å²) in [5, 5.41) is 3.44. The van der Waals surface area contributed by atoms with Gasteiger partial charge in [0.1, 0.15) is 0 Å². The summed E-state index contributed by atoms with van der Waals surface area (Å²) in [6.07, 6.45) is 6.65. The summed E-state index contributed by atoms with van der Waals surface area (Å²) in [6.45, 7) is 6.70. The Labute approximate surface area is 126 Å². The van der Waals surface area contributed by atoms with Crippen LogP contribution in [0.4, 0.5) is 5.95 Å². The zero-order valence-electron chi connectivity index (χ0n) is 12.8. The lowest BCUT2D eigenvalue weighted by atomic mass is 10.2. The van der Waals surface area contributed by atoms with E-state index in [1.807, 2.05) is 12.4 Å². The van der Waals surface area contributed by atoms with Gasteiger partial charge in [-0.1, -0.05) is 0 Å². The van der Waals surface area contributed by atoms with Crippen molar-refractivity contribution in [2.24, 2.45) is 0 Å². The number of hydrogen-bond donors (Lipinski definition) is 1. The molecule has 6 heteroatoms. The molecule has 1 aromatic rings. The number of morpholine rings is 1. The highest BCUT2D eigenvalue weighted by atomic mass is 16.5. The topological polar surface area (TPSA) is 53.5 Å². The van der Waals surface area contributed by atoms with Crippen LogP contribution in [0.1, 0.15) is 18.4 Å². The first-order chi connectivity index (χ1) is 10.3. The van der Waals surface area contributed by atoms with Crippen LogP contribution in [0.2, 0.25) is 0 Å². The van der Waals surface area contributed by atoms with Crippen molar-refractivity contribution in [1.82, 2.24) is 20.2 Å². The van der Waals surface area contributed by atoms with Gasteiger partial charge in [0.2, 0.25) is 5.95 Å². The van der Waals surface area contributed by atoms with E-state index in [0.717, 1.165) is 57.4 Å². The van der Waals surface area contributed by atoms with Gasteiger partial charge >= 0.3 is 0 Å². The van der Waals surface area contributed by atoms with Gasteiger partial charge in [0.05, 0.1) is 12.7 Å². The third-order valence-electron chi connectivity index (χ3n) is 4.12. The number of hydrogen-bond acceptors (Lipinski definition) is 6. The Kier molecular flexibility index (Phi) is 5.00. The molecule has 0 saturated carbocycles. The number of nitrogens with one attached hydrogen (secondary N) is 1. The first-order valence-electron chi connectivity index (χ1n) is 7.88. The summed E-state index contributed by atoms with van der Waals surface area (Å²) in [4.78, 5) is 13.5. The predicted octanol–water partition coefficient (Wildman–Crippen LogP) is 0.497. The SMILES string of the molecule is CN1CCO[C@@H](CNCc2cnc(N3CCCC3)nc2)C1. The normalized spacial score (nSPS) is 23.7. The molecule has 1 atom stereocenters. The van der Waals surface area contributed by atoms with E-state index in [1.165, 1.54) is 12.8 Å². The minimum atomic E-state index is 0.286. The number of aromatic nitrogens is 2. The third-order valence-corrected chi connectivity index (χ3v) is 4.12. The minimum absolute atomic E-state index is 0.286. The summed E-state index contributed by atoms with van der Waals surface area (Å²) >= 11 is 0. The molecule has 0 bridgehead atoms. The molecule has 0 aromatic carbocycles. The molecule has 0 unspecified atom stereocenters. The molecule has 0 aliphatic carbocycles. The fraction of sp³-hybridized carbons (Fsp3) is 0.733. The van der Waals surface area contributed by atoms with Crippen molar-refractivity contribution in [3.8, 4) is 0 Å². The predicted molar refractivity (Wildman–Crippen MR) is 82.4 cm³/mol. The van der Waals surface area contributed by atoms with E-state index in [4.69, 9.17) is 4.74 Å². The fourth-order valence-electron chi connectivity index (χ4n) is 2.89. The van der Waals surface area contributed by atoms with Crippen LogP contribution in [-0.2, 0) is 11.3 Å². The van der Waals surface area contributed by atoms with Gasteiger partial charge < -0.3 is 19.9 Å². The molecule has 1 aromatic heterocycles. The van der Waals surface area contributed by atoms with E-state index in [1.54, 1.807) is 0 Å². The molecule has 116 valence electrons. The molecule has 2 fully saturated rings. The van der Waals surface area contributed by atoms with Gasteiger partial charge in [-0.3, -0.25) is 0 Å². The highest BCUT2D eigenvalue weighted by Gasteiger charge is 2.17. The monoisotopic (exact) mass is 291 g/mol. The largest absolute Gasteiger partial charge is 0.374 e. The van der Waals surface area contributed by atoms with Crippen molar-refractivity contribution in [2.45, 2.75) is 25.5 Å². The standard InChI is InChI=1S/C15H25N5O/c1-19-6-7-21-14(12-19)11-16-8-13-9-17-15(18-10-13)20-4-2-3-5-20/h9-10,14,16H,2-8,11-12H2,1H3/t14-/m0/s1. The third kappa shape index (κ3) is 4.12. The quantitative estimate of drug-likeness (QED) is 0.852. The molecule has 2 aliphatic heterocycles. The summed E-state index contributed by atoms with van der Waals surface area (Å²) in [5.41, 5.74) is 1.13. The smallest absolute Gasteiger partial charge is 0.225 e. The summed E-state index contributed by atoms with van der Waals surface area (Å²) in [7, 11) is 2.14. The van der Waals surface area contributed by atoms with Crippen LogP contribution in [0.15, 0.2) is 12.4 Å². The summed E-state index contributed by atoms with van der Waals surface area (Å²) in [5.74, 6) is 0.869. The maximum atomic E-state index is 5.73. The van der Waals surface area contributed by atoms with E-state index in [0.29, 0.717) is 0 Å². The van der Waals surface area contributed by atoms with Crippen LogP contribution in [0, 0.1) is 0 Å². The van der Waals surface area contributed by atoms with E-state index in [-0.39, 0.29) is 6.10 Å². The maximum Gasteiger partial charge on any atom is 0.225 e. The molecule has 3 heterocycles. The van der Waals surface area contributed by atoms with Crippen LogP contribution < -0.4 is 10.2 Å². The molecular formula is C15H25N5O. The van der Waals surface area contributed by atoms with Crippen molar-refractivity contribution >= 4 is 5.95 Å². The van der Waals surface area contributed by atoms with Gasteiger partial charge in [-0.25, -0.2) is 9.97 Å². The van der Waals surface area contributed by atoms with Crippen LogP contribution in [0.5, 0.6) is 0 Å². The maximum absolute atomic E-state index is 5.73. The minimum Gasteiger partial charge on any atom is -0.374 e. The second-order valence-electron chi connectivity index (χ2n) is 5.97. The first kappa shape index (κ1) is 14.7. The molecule has 2 aliphatic rings. The van der Waals surface area contributed by atoms with Crippen molar-refractivity contribution in [3.05, 3.63) is 18.0 Å². The Bertz CT molecular complexity index is 432. The van der Waals surface area contributed by atoms with Crippen molar-refractivity contribution in [2.75, 3.05) is 51.3 Å². The van der Waals surface area contributed by atoms with Gasteiger partial charge in [0.15, 0.2) is 0 Å². The lowest BCUT2D eigenvalue weighted by Gasteiger charge is -2.30. The highest BCUT2D eigenvalue weighted by molar-refractivity contribution is 5.30. The van der Waals surface area contributed by atoms with Gasteiger partial charge in [0, 0.05) is 57.2 Å². The van der Waals surface area contributed by atoms with E-state index in [9.17, 15) is 0 Å². The second-order valence-corrected chi connectivity index (χ2v) is 5.97. The Morgan fingerprint density at radius 1 is 1.24 bits per heavy atom. The van der Waals surface area contributed by atoms with Crippen LogP contribution >= 0.6 is 0 Å². The molecule has 1 N–H and O–H groups in total. The molecule has 0 amide bonds. The molecule has 3 rings (SSSR count). The zero-order chi connectivity index (χ0) is 14.5. The molecular weight excluding hydrogens is 266 g/mol. The molecule has 6 nitrogen and oxygen atoms in total. The number of nitrogens with zero attached hydrogens (tertiary/aromatic N) is 4. The van der Waals surface area contributed by atoms with Crippen LogP contribution in [0.25, 0.3) is 0 Å². The van der Waals surface area contributed by atoms with Crippen molar-refractivity contribution in [3.63, 3.8) is 0 Å². The average molecular weight is 291 g/mol. The van der Waals surface area contributed by atoms with Gasteiger partial charge in [-0.2, -0.15) is 0 Å². The zero-order valence-corrected chi connectivity index (χ0v) is 12.8. The van der Waals surface area contributed by atoms with Crippen molar-refractivity contribution < 1.29 is 4.74 Å². The lowest BCUT2D eigenvalue weighted by molar-refractivity contribution is -0.0182. The Morgan fingerprint density at radius 3 is 2.71 bits per heavy atom. The van der Waals surface area contributed by atoms with Gasteiger partial charge in [-0.05, 0) is 19.9 Å². The van der Waals surface area contributed by atoms with Crippen LogP contribution in [-0.4, -0.2) is 67.4 Å². The Hall–Kier alpha value is -1.24.